The first-order valence-corrected chi connectivity index (χ1v) is 10.3. The van der Waals surface area contributed by atoms with Crippen molar-refractivity contribution in [3.63, 3.8) is 0 Å². The van der Waals surface area contributed by atoms with Crippen LogP contribution in [0.15, 0.2) is 22.6 Å². The van der Waals surface area contributed by atoms with Crippen molar-refractivity contribution in [3.8, 4) is 23.0 Å². The minimum absolute atomic E-state index is 0. The molecule has 2 aliphatic rings. The van der Waals surface area contributed by atoms with Crippen LogP contribution >= 0.6 is 12.4 Å². The van der Waals surface area contributed by atoms with E-state index in [-0.39, 0.29) is 41.3 Å². The first-order valence-electron chi connectivity index (χ1n) is 10.3. The van der Waals surface area contributed by atoms with E-state index < -0.39 is 18.6 Å². The number of aromatic nitrogens is 1. The predicted octanol–water partition coefficient (Wildman–Crippen LogP) is 4.24. The Bertz CT molecular complexity index is 932. The van der Waals surface area contributed by atoms with E-state index in [0.29, 0.717) is 30.6 Å². The molecule has 1 aromatic carbocycles. The van der Waals surface area contributed by atoms with Crippen LogP contribution in [-0.4, -0.2) is 30.7 Å². The topological polar surface area (TPSA) is 109 Å². The third-order valence-electron chi connectivity index (χ3n) is 5.04. The summed E-state index contributed by atoms with van der Waals surface area (Å²) in [5, 5.41) is 0. The SMILES string of the molecule is CC(N)c1oc(-c2ccc(OC(F)F)c(OCC3CC3)c2)nc1C(=O)NOCC1CC1.Cl. The first kappa shape index (κ1) is 24.2. The molecular formula is C21H26ClF2N3O5. The fourth-order valence-corrected chi connectivity index (χ4v) is 2.92. The molecule has 2 aliphatic carbocycles. The van der Waals surface area contributed by atoms with Crippen LogP contribution in [0.4, 0.5) is 8.78 Å². The summed E-state index contributed by atoms with van der Waals surface area (Å²) in [6.45, 7) is -0.467. The Morgan fingerprint density at radius 2 is 1.91 bits per heavy atom. The van der Waals surface area contributed by atoms with E-state index in [2.05, 4.69) is 15.2 Å². The molecule has 0 aliphatic heterocycles. The number of nitrogens with one attached hydrogen (secondary N) is 1. The molecule has 2 aromatic rings. The molecule has 1 aromatic heterocycles. The van der Waals surface area contributed by atoms with Crippen molar-refractivity contribution in [2.45, 2.75) is 45.3 Å². The van der Waals surface area contributed by atoms with Gasteiger partial charge in [-0.1, -0.05) is 0 Å². The Hall–Kier alpha value is -2.43. The van der Waals surface area contributed by atoms with Crippen LogP contribution in [0, 0.1) is 11.8 Å². The molecule has 0 radical (unpaired) electrons. The van der Waals surface area contributed by atoms with Crippen LogP contribution in [-0.2, 0) is 4.84 Å². The van der Waals surface area contributed by atoms with Crippen LogP contribution in [0.1, 0.15) is 54.9 Å². The maximum absolute atomic E-state index is 12.7. The Morgan fingerprint density at radius 3 is 2.53 bits per heavy atom. The predicted molar refractivity (Wildman–Crippen MR) is 113 cm³/mol. The second-order valence-electron chi connectivity index (χ2n) is 8.00. The molecule has 1 unspecified atom stereocenters. The van der Waals surface area contributed by atoms with E-state index in [1.807, 2.05) is 0 Å². The fourth-order valence-electron chi connectivity index (χ4n) is 2.92. The number of carbonyl (C=O) groups is 1. The summed E-state index contributed by atoms with van der Waals surface area (Å²) in [7, 11) is 0. The van der Waals surface area contributed by atoms with Gasteiger partial charge in [-0.15, -0.1) is 12.4 Å². The zero-order chi connectivity index (χ0) is 22.0. The van der Waals surface area contributed by atoms with Gasteiger partial charge < -0.3 is 19.6 Å². The highest BCUT2D eigenvalue weighted by Crippen LogP contribution is 2.37. The Kier molecular flexibility index (Phi) is 7.91. The van der Waals surface area contributed by atoms with Gasteiger partial charge in [-0.3, -0.25) is 9.63 Å². The molecule has 1 amide bonds. The molecular weight excluding hydrogens is 448 g/mol. The Labute approximate surface area is 190 Å². The summed E-state index contributed by atoms with van der Waals surface area (Å²) in [5.74, 6) is 0.708. The number of hydroxylamine groups is 1. The monoisotopic (exact) mass is 473 g/mol. The number of nitrogens with zero attached hydrogens (tertiary/aromatic N) is 1. The normalized spacial score (nSPS) is 16.4. The van der Waals surface area contributed by atoms with Gasteiger partial charge >= 0.3 is 6.61 Å². The van der Waals surface area contributed by atoms with Gasteiger partial charge in [0.2, 0.25) is 5.89 Å². The van der Waals surface area contributed by atoms with Crippen LogP contribution in [0.5, 0.6) is 11.5 Å². The highest BCUT2D eigenvalue weighted by molar-refractivity contribution is 5.93. The summed E-state index contributed by atoms with van der Waals surface area (Å²) in [5.41, 5.74) is 8.76. The van der Waals surface area contributed by atoms with Gasteiger partial charge in [0.15, 0.2) is 23.0 Å². The van der Waals surface area contributed by atoms with Crippen LogP contribution in [0.2, 0.25) is 0 Å². The van der Waals surface area contributed by atoms with Crippen molar-refractivity contribution in [2.75, 3.05) is 13.2 Å². The first-order chi connectivity index (χ1) is 14.9. The lowest BCUT2D eigenvalue weighted by Crippen LogP contribution is -2.26. The lowest BCUT2D eigenvalue weighted by atomic mass is 10.2. The van der Waals surface area contributed by atoms with E-state index >= 15 is 0 Å². The van der Waals surface area contributed by atoms with Crippen molar-refractivity contribution >= 4 is 18.3 Å². The van der Waals surface area contributed by atoms with Crippen LogP contribution in [0.25, 0.3) is 11.5 Å². The second kappa shape index (κ2) is 10.5. The number of hydrogen-bond donors (Lipinski definition) is 2. The number of alkyl halides is 2. The van der Waals surface area contributed by atoms with Gasteiger partial charge in [-0.2, -0.15) is 8.78 Å². The molecule has 3 N–H and O–H groups in total. The third kappa shape index (κ3) is 6.30. The minimum atomic E-state index is -2.98. The molecule has 8 nitrogen and oxygen atoms in total. The van der Waals surface area contributed by atoms with Gasteiger partial charge in [0.1, 0.15) is 0 Å². The lowest BCUT2D eigenvalue weighted by Gasteiger charge is -2.12. The molecule has 32 heavy (non-hydrogen) atoms. The summed E-state index contributed by atoms with van der Waals surface area (Å²) < 4.78 is 41.5. The number of benzene rings is 1. The number of rotatable bonds is 11. The standard InChI is InChI=1S/C21H25F2N3O5.ClH/c1-11(24)18-17(19(27)26-29-10-13-4-5-13)25-20(31-18)14-6-7-15(30-21(22)23)16(8-14)28-9-12-2-3-12;/h6-8,11-13,21H,2-5,9-10,24H2,1H3,(H,26,27);1H. The van der Waals surface area contributed by atoms with E-state index in [4.69, 9.17) is 19.7 Å². The maximum atomic E-state index is 12.7. The average molecular weight is 474 g/mol. The number of ether oxygens (including phenoxy) is 2. The van der Waals surface area contributed by atoms with Crippen molar-refractivity contribution in [2.24, 2.45) is 17.6 Å². The van der Waals surface area contributed by atoms with Crippen molar-refractivity contribution in [3.05, 3.63) is 29.7 Å². The summed E-state index contributed by atoms with van der Waals surface area (Å²) >= 11 is 0. The quantitative estimate of drug-likeness (QED) is 0.469. The molecule has 11 heteroatoms. The molecule has 1 heterocycles. The molecule has 1 atom stereocenters. The number of hydrogen-bond acceptors (Lipinski definition) is 7. The number of halogens is 3. The smallest absolute Gasteiger partial charge is 0.387 e. The maximum Gasteiger partial charge on any atom is 0.387 e. The molecule has 4 rings (SSSR count). The van der Waals surface area contributed by atoms with Gasteiger partial charge in [0, 0.05) is 5.56 Å². The highest BCUT2D eigenvalue weighted by Gasteiger charge is 2.27. The van der Waals surface area contributed by atoms with Crippen LogP contribution < -0.4 is 20.7 Å². The van der Waals surface area contributed by atoms with E-state index in [1.54, 1.807) is 6.92 Å². The average Bonchev–Trinajstić information content (AvgIpc) is 3.65. The Balaban J connectivity index is 0.00000289. The highest BCUT2D eigenvalue weighted by atomic mass is 35.5. The molecule has 2 saturated carbocycles. The zero-order valence-electron chi connectivity index (χ0n) is 17.5. The van der Waals surface area contributed by atoms with Crippen molar-refractivity contribution < 1.29 is 32.3 Å². The Morgan fingerprint density at radius 1 is 1.22 bits per heavy atom. The third-order valence-corrected chi connectivity index (χ3v) is 5.04. The molecule has 0 saturated heterocycles. The van der Waals surface area contributed by atoms with E-state index in [1.165, 1.54) is 18.2 Å². The van der Waals surface area contributed by atoms with E-state index in [0.717, 1.165) is 25.7 Å². The summed E-state index contributed by atoms with van der Waals surface area (Å²) in [6.07, 6.45) is 4.27. The zero-order valence-corrected chi connectivity index (χ0v) is 18.3. The van der Waals surface area contributed by atoms with Gasteiger partial charge in [0.25, 0.3) is 5.91 Å². The fraction of sp³-hybridized carbons (Fsp3) is 0.524. The van der Waals surface area contributed by atoms with Gasteiger partial charge in [-0.05, 0) is 62.6 Å². The molecule has 0 bridgehead atoms. The molecule has 0 spiro atoms. The number of amides is 1. The number of nitrogens with two attached hydrogens (primary N) is 1. The largest absolute Gasteiger partial charge is 0.489 e. The minimum Gasteiger partial charge on any atom is -0.489 e. The molecule has 2 fully saturated rings. The van der Waals surface area contributed by atoms with Gasteiger partial charge in [-0.25, -0.2) is 10.5 Å². The summed E-state index contributed by atoms with van der Waals surface area (Å²) in [6, 6.07) is 3.77. The lowest BCUT2D eigenvalue weighted by molar-refractivity contribution is -0.0515. The van der Waals surface area contributed by atoms with Crippen LogP contribution in [0.3, 0.4) is 0 Å². The number of carbonyl (C=O) groups excluding carboxylic acids is 1. The van der Waals surface area contributed by atoms with Crippen molar-refractivity contribution in [1.29, 1.82) is 0 Å². The van der Waals surface area contributed by atoms with Crippen molar-refractivity contribution in [1.82, 2.24) is 10.5 Å². The number of oxazole rings is 1. The van der Waals surface area contributed by atoms with E-state index in [9.17, 15) is 13.6 Å². The molecule has 176 valence electrons. The van der Waals surface area contributed by atoms with Gasteiger partial charge in [0.05, 0.1) is 19.3 Å². The summed E-state index contributed by atoms with van der Waals surface area (Å²) in [4.78, 5) is 22.0. The second-order valence-corrected chi connectivity index (χ2v) is 8.00.